The maximum atomic E-state index is 5.74. The van der Waals surface area contributed by atoms with Crippen molar-refractivity contribution in [2.45, 2.75) is 26.5 Å². The molecule has 5 nitrogen and oxygen atoms in total. The predicted octanol–water partition coefficient (Wildman–Crippen LogP) is 0.945. The van der Waals surface area contributed by atoms with E-state index in [4.69, 9.17) is 4.74 Å². The van der Waals surface area contributed by atoms with Gasteiger partial charge in [-0.2, -0.15) is 5.10 Å². The summed E-state index contributed by atoms with van der Waals surface area (Å²) in [5.74, 6) is 0. The molecule has 0 amide bonds. The van der Waals surface area contributed by atoms with Crippen molar-refractivity contribution in [2.75, 3.05) is 26.2 Å². The van der Waals surface area contributed by atoms with Gasteiger partial charge in [-0.25, -0.2) is 4.98 Å². The first kappa shape index (κ1) is 12.3. The molecule has 2 heterocycles. The highest BCUT2D eigenvalue weighted by atomic mass is 16.5. The molecule has 0 aromatic carbocycles. The van der Waals surface area contributed by atoms with Gasteiger partial charge >= 0.3 is 0 Å². The van der Waals surface area contributed by atoms with E-state index in [2.05, 4.69) is 34.9 Å². The number of ether oxygens (including phenoxy) is 1. The fraction of sp³-hybridized carbons (Fsp3) is 0.667. The van der Waals surface area contributed by atoms with Crippen LogP contribution in [0.25, 0.3) is 0 Å². The highest BCUT2D eigenvalue weighted by molar-refractivity contribution is 4.95. The van der Waals surface area contributed by atoms with Crippen molar-refractivity contribution in [3.05, 3.63) is 24.3 Å². The van der Waals surface area contributed by atoms with Gasteiger partial charge in [0.15, 0.2) is 0 Å². The summed E-state index contributed by atoms with van der Waals surface area (Å²) in [4.78, 5) is 6.35. The Kier molecular flexibility index (Phi) is 4.28. The highest BCUT2D eigenvalue weighted by Gasteiger charge is 2.20. The minimum atomic E-state index is 0.219. The molecular formula is C12H20N4O. The van der Waals surface area contributed by atoms with Gasteiger partial charge in [0.2, 0.25) is 0 Å². The van der Waals surface area contributed by atoms with Crippen LogP contribution in [-0.4, -0.2) is 52.0 Å². The molecule has 1 aliphatic heterocycles. The zero-order chi connectivity index (χ0) is 12.1. The second-order valence-corrected chi connectivity index (χ2v) is 4.65. The van der Waals surface area contributed by atoms with E-state index in [0.29, 0.717) is 0 Å². The minimum Gasteiger partial charge on any atom is -0.374 e. The summed E-state index contributed by atoms with van der Waals surface area (Å²) in [6.07, 6.45) is 5.77. The van der Waals surface area contributed by atoms with Crippen LogP contribution in [0.2, 0.25) is 0 Å². The molecule has 1 saturated heterocycles. The van der Waals surface area contributed by atoms with E-state index in [0.717, 1.165) is 32.8 Å². The van der Waals surface area contributed by atoms with Crippen molar-refractivity contribution >= 4 is 0 Å². The fourth-order valence-electron chi connectivity index (χ4n) is 1.90. The first-order valence-electron chi connectivity index (χ1n) is 6.04. The van der Waals surface area contributed by atoms with E-state index in [-0.39, 0.29) is 6.10 Å². The summed E-state index contributed by atoms with van der Waals surface area (Å²) in [6.45, 7) is 8.84. The van der Waals surface area contributed by atoms with Crippen LogP contribution in [0.15, 0.2) is 24.3 Å². The van der Waals surface area contributed by atoms with E-state index in [1.165, 1.54) is 5.57 Å². The Morgan fingerprint density at radius 3 is 3.12 bits per heavy atom. The smallest absolute Gasteiger partial charge is 0.137 e. The molecule has 0 radical (unpaired) electrons. The number of hydrogen-bond donors (Lipinski definition) is 0. The van der Waals surface area contributed by atoms with Gasteiger partial charge in [0.25, 0.3) is 0 Å². The molecule has 0 aliphatic carbocycles. The van der Waals surface area contributed by atoms with Gasteiger partial charge in [0.1, 0.15) is 12.7 Å². The zero-order valence-corrected chi connectivity index (χ0v) is 10.5. The normalized spacial score (nSPS) is 21.4. The largest absolute Gasteiger partial charge is 0.374 e. The third-order valence-corrected chi connectivity index (χ3v) is 2.84. The van der Waals surface area contributed by atoms with Crippen LogP contribution in [0.4, 0.5) is 0 Å². The van der Waals surface area contributed by atoms with Gasteiger partial charge in [-0.15, -0.1) is 0 Å². The van der Waals surface area contributed by atoms with Crippen molar-refractivity contribution in [1.29, 1.82) is 0 Å². The fourth-order valence-corrected chi connectivity index (χ4v) is 1.90. The van der Waals surface area contributed by atoms with Crippen LogP contribution in [0.1, 0.15) is 13.8 Å². The van der Waals surface area contributed by atoms with Crippen molar-refractivity contribution in [1.82, 2.24) is 19.7 Å². The molecule has 1 fully saturated rings. The average Bonchev–Trinajstić information content (AvgIpc) is 2.80. The Bertz CT molecular complexity index is 357. The molecule has 0 saturated carbocycles. The lowest BCUT2D eigenvalue weighted by atomic mass is 10.2. The maximum absolute atomic E-state index is 5.74. The molecule has 1 aromatic heterocycles. The molecule has 0 spiro atoms. The number of allylic oxidation sites excluding steroid dienone is 1. The molecule has 0 N–H and O–H groups in total. The Morgan fingerprint density at radius 1 is 1.53 bits per heavy atom. The first-order valence-corrected chi connectivity index (χ1v) is 6.04. The molecule has 1 aromatic rings. The van der Waals surface area contributed by atoms with E-state index in [1.807, 2.05) is 4.68 Å². The second kappa shape index (κ2) is 5.93. The lowest BCUT2D eigenvalue weighted by Gasteiger charge is -2.32. The zero-order valence-electron chi connectivity index (χ0n) is 10.5. The van der Waals surface area contributed by atoms with Gasteiger partial charge in [-0.05, 0) is 13.8 Å². The Morgan fingerprint density at radius 2 is 2.41 bits per heavy atom. The minimum absolute atomic E-state index is 0.219. The van der Waals surface area contributed by atoms with Crippen LogP contribution in [-0.2, 0) is 11.3 Å². The molecule has 0 bridgehead atoms. The predicted molar refractivity (Wildman–Crippen MR) is 65.6 cm³/mol. The molecule has 5 heteroatoms. The lowest BCUT2D eigenvalue weighted by Crippen LogP contribution is -2.44. The summed E-state index contributed by atoms with van der Waals surface area (Å²) in [5.41, 5.74) is 1.37. The van der Waals surface area contributed by atoms with Crippen molar-refractivity contribution in [3.63, 3.8) is 0 Å². The summed E-state index contributed by atoms with van der Waals surface area (Å²) in [7, 11) is 0. The van der Waals surface area contributed by atoms with Gasteiger partial charge < -0.3 is 4.74 Å². The Balaban J connectivity index is 1.82. The Hall–Kier alpha value is -1.20. The van der Waals surface area contributed by atoms with Gasteiger partial charge in [0.05, 0.1) is 19.3 Å². The van der Waals surface area contributed by atoms with Crippen molar-refractivity contribution in [2.24, 2.45) is 0 Å². The number of morpholine rings is 1. The number of nitrogens with zero attached hydrogens (tertiary/aromatic N) is 4. The van der Waals surface area contributed by atoms with E-state index >= 15 is 0 Å². The standard InChI is InChI=1S/C12H20N4O/c1-11(2)3-4-15-5-6-17-12(7-15)8-16-10-13-9-14-16/h3,9-10,12H,4-8H2,1-2H3. The van der Waals surface area contributed by atoms with Gasteiger partial charge in [-0.3, -0.25) is 9.58 Å². The van der Waals surface area contributed by atoms with E-state index in [1.54, 1.807) is 12.7 Å². The third kappa shape index (κ3) is 3.94. The van der Waals surface area contributed by atoms with Crippen LogP contribution in [0.3, 0.4) is 0 Å². The molecular weight excluding hydrogens is 216 g/mol. The van der Waals surface area contributed by atoms with Crippen molar-refractivity contribution < 1.29 is 4.74 Å². The van der Waals surface area contributed by atoms with Crippen LogP contribution in [0.5, 0.6) is 0 Å². The first-order chi connectivity index (χ1) is 8.24. The van der Waals surface area contributed by atoms with E-state index in [9.17, 15) is 0 Å². The monoisotopic (exact) mass is 236 g/mol. The number of aromatic nitrogens is 3. The van der Waals surface area contributed by atoms with Crippen LogP contribution in [0, 0.1) is 0 Å². The number of rotatable bonds is 4. The molecule has 2 rings (SSSR count). The quantitative estimate of drug-likeness (QED) is 0.730. The molecule has 17 heavy (non-hydrogen) atoms. The summed E-state index contributed by atoms with van der Waals surface area (Å²) < 4.78 is 7.57. The van der Waals surface area contributed by atoms with Crippen molar-refractivity contribution in [3.8, 4) is 0 Å². The SMILES string of the molecule is CC(C)=CCN1CCOC(Cn2cncn2)C1. The second-order valence-electron chi connectivity index (χ2n) is 4.65. The molecule has 1 aliphatic rings. The van der Waals surface area contributed by atoms with E-state index < -0.39 is 0 Å². The van der Waals surface area contributed by atoms with Crippen LogP contribution < -0.4 is 0 Å². The Labute approximate surface area is 102 Å². The molecule has 1 unspecified atom stereocenters. The summed E-state index contributed by atoms with van der Waals surface area (Å²) in [6, 6.07) is 0. The van der Waals surface area contributed by atoms with Gasteiger partial charge in [-0.1, -0.05) is 11.6 Å². The molecule has 1 atom stereocenters. The number of hydrogen-bond acceptors (Lipinski definition) is 4. The maximum Gasteiger partial charge on any atom is 0.137 e. The van der Waals surface area contributed by atoms with Gasteiger partial charge in [0, 0.05) is 19.6 Å². The third-order valence-electron chi connectivity index (χ3n) is 2.84. The average molecular weight is 236 g/mol. The summed E-state index contributed by atoms with van der Waals surface area (Å²) in [5, 5.41) is 4.10. The lowest BCUT2D eigenvalue weighted by molar-refractivity contribution is -0.0339. The summed E-state index contributed by atoms with van der Waals surface area (Å²) >= 11 is 0. The van der Waals surface area contributed by atoms with Crippen LogP contribution >= 0.6 is 0 Å². The topological polar surface area (TPSA) is 43.2 Å². The molecule has 94 valence electrons. The highest BCUT2D eigenvalue weighted by Crippen LogP contribution is 2.07.